The van der Waals surface area contributed by atoms with Crippen LogP contribution in [0.15, 0.2) is 22.1 Å². The molecule has 0 amide bonds. The van der Waals surface area contributed by atoms with Crippen molar-refractivity contribution in [2.24, 2.45) is 16.9 Å². The zero-order valence-electron chi connectivity index (χ0n) is 18.8. The second-order valence-electron chi connectivity index (χ2n) is 9.22. The third-order valence-electron chi connectivity index (χ3n) is 6.07. The smallest absolute Gasteiger partial charge is 0.200 e. The van der Waals surface area contributed by atoms with Crippen LogP contribution in [0.25, 0.3) is 0 Å². The van der Waals surface area contributed by atoms with E-state index in [0.29, 0.717) is 22.6 Å². The van der Waals surface area contributed by atoms with E-state index in [2.05, 4.69) is 77.5 Å². The van der Waals surface area contributed by atoms with Crippen molar-refractivity contribution in [1.82, 2.24) is 4.83 Å². The molecule has 158 valence electrons. The molecule has 1 aromatic carbocycles. The molecule has 4 nitrogen and oxygen atoms in total. The van der Waals surface area contributed by atoms with Gasteiger partial charge in [-0.3, -0.25) is 0 Å². The van der Waals surface area contributed by atoms with E-state index < -0.39 is 10.0 Å². The maximum atomic E-state index is 13.4. The summed E-state index contributed by atoms with van der Waals surface area (Å²) in [4.78, 5) is 3.02. The summed E-state index contributed by atoms with van der Waals surface area (Å²) >= 11 is 0. The van der Waals surface area contributed by atoms with E-state index in [9.17, 15) is 8.42 Å². The topological polar surface area (TPSA) is 58.5 Å². The first-order valence-electron chi connectivity index (χ1n) is 10.8. The van der Waals surface area contributed by atoms with Crippen molar-refractivity contribution in [3.05, 3.63) is 28.8 Å². The molecule has 2 rings (SSSR count). The van der Waals surface area contributed by atoms with Crippen molar-refractivity contribution in [3.8, 4) is 0 Å². The second kappa shape index (κ2) is 8.98. The predicted octanol–water partition coefficient (Wildman–Crippen LogP) is 6.15. The molecular formula is C23H38N2O2S. The number of rotatable bonds is 7. The highest BCUT2D eigenvalue weighted by Gasteiger charge is 2.30. The van der Waals surface area contributed by atoms with Crippen molar-refractivity contribution in [2.75, 3.05) is 0 Å². The van der Waals surface area contributed by atoms with Gasteiger partial charge in [-0.05, 0) is 59.6 Å². The SMILES string of the molecule is CC[C@H]1/C(=N\NS(=O)(=O)c2c(C(C)C)cc(C(C)C)cc2C(C)C)CC[C@@H]1C. The largest absolute Gasteiger partial charge is 0.277 e. The fourth-order valence-corrected chi connectivity index (χ4v) is 5.77. The first-order valence-corrected chi connectivity index (χ1v) is 12.2. The van der Waals surface area contributed by atoms with Crippen molar-refractivity contribution in [3.63, 3.8) is 0 Å². The molecule has 0 heterocycles. The van der Waals surface area contributed by atoms with E-state index in [1.807, 2.05) is 0 Å². The van der Waals surface area contributed by atoms with E-state index in [4.69, 9.17) is 0 Å². The van der Waals surface area contributed by atoms with Gasteiger partial charge in [0.25, 0.3) is 10.0 Å². The van der Waals surface area contributed by atoms with Crippen LogP contribution in [-0.4, -0.2) is 14.1 Å². The molecule has 0 aliphatic heterocycles. The van der Waals surface area contributed by atoms with Gasteiger partial charge in [0, 0.05) is 11.6 Å². The van der Waals surface area contributed by atoms with E-state index in [1.54, 1.807) is 0 Å². The highest BCUT2D eigenvalue weighted by atomic mass is 32.2. The molecule has 1 N–H and O–H groups in total. The van der Waals surface area contributed by atoms with Crippen LogP contribution in [0.4, 0.5) is 0 Å². The quantitative estimate of drug-likeness (QED) is 0.552. The Morgan fingerprint density at radius 1 is 1.04 bits per heavy atom. The summed E-state index contributed by atoms with van der Waals surface area (Å²) in [6, 6.07) is 4.13. The minimum Gasteiger partial charge on any atom is -0.200 e. The molecule has 0 saturated heterocycles. The third-order valence-corrected chi connectivity index (χ3v) is 7.41. The molecule has 5 heteroatoms. The average Bonchev–Trinajstić information content (AvgIpc) is 2.98. The molecule has 28 heavy (non-hydrogen) atoms. The number of hydrogen-bond acceptors (Lipinski definition) is 3. The summed E-state index contributed by atoms with van der Waals surface area (Å²) in [6.45, 7) is 16.9. The molecule has 1 aromatic rings. The molecule has 0 radical (unpaired) electrons. The Morgan fingerprint density at radius 3 is 2.00 bits per heavy atom. The lowest BCUT2D eigenvalue weighted by atomic mass is 9.89. The number of benzene rings is 1. The second-order valence-corrected chi connectivity index (χ2v) is 10.8. The van der Waals surface area contributed by atoms with Gasteiger partial charge in [-0.15, -0.1) is 0 Å². The van der Waals surface area contributed by atoms with Gasteiger partial charge in [-0.2, -0.15) is 13.5 Å². The minimum absolute atomic E-state index is 0.116. The Labute approximate surface area is 172 Å². The van der Waals surface area contributed by atoms with Gasteiger partial charge in [0.15, 0.2) is 0 Å². The maximum absolute atomic E-state index is 13.4. The van der Waals surface area contributed by atoms with Gasteiger partial charge >= 0.3 is 0 Å². The third kappa shape index (κ3) is 4.79. The van der Waals surface area contributed by atoms with Crippen LogP contribution in [0, 0.1) is 11.8 Å². The summed E-state index contributed by atoms with van der Waals surface area (Å²) in [5, 5.41) is 4.41. The van der Waals surface area contributed by atoms with Crippen LogP contribution < -0.4 is 4.83 Å². The Balaban J connectivity index is 2.55. The molecule has 0 aromatic heterocycles. The van der Waals surface area contributed by atoms with Crippen LogP contribution in [0.3, 0.4) is 0 Å². The van der Waals surface area contributed by atoms with Crippen molar-refractivity contribution < 1.29 is 8.42 Å². The number of nitrogens with one attached hydrogen (secondary N) is 1. The van der Waals surface area contributed by atoms with Gasteiger partial charge in [-0.1, -0.05) is 67.5 Å². The molecular weight excluding hydrogens is 368 g/mol. The average molecular weight is 407 g/mol. The van der Waals surface area contributed by atoms with Crippen molar-refractivity contribution in [2.45, 2.75) is 97.3 Å². The monoisotopic (exact) mass is 406 g/mol. The Hall–Kier alpha value is -1.36. The normalized spacial score (nSPS) is 22.0. The lowest BCUT2D eigenvalue weighted by Gasteiger charge is -2.22. The molecule has 1 aliphatic rings. The fourth-order valence-electron chi connectivity index (χ4n) is 4.23. The van der Waals surface area contributed by atoms with Crippen LogP contribution in [0.5, 0.6) is 0 Å². The van der Waals surface area contributed by atoms with Crippen molar-refractivity contribution >= 4 is 15.7 Å². The molecule has 2 atom stereocenters. The highest BCUT2D eigenvalue weighted by molar-refractivity contribution is 7.89. The summed E-state index contributed by atoms with van der Waals surface area (Å²) < 4.78 is 26.8. The van der Waals surface area contributed by atoms with E-state index >= 15 is 0 Å². The lowest BCUT2D eigenvalue weighted by Crippen LogP contribution is -2.25. The summed E-state index contributed by atoms with van der Waals surface area (Å²) in [6.07, 6.45) is 2.96. The maximum Gasteiger partial charge on any atom is 0.277 e. The molecule has 1 saturated carbocycles. The van der Waals surface area contributed by atoms with Crippen LogP contribution in [0.2, 0.25) is 0 Å². The lowest BCUT2D eigenvalue weighted by molar-refractivity contribution is 0.467. The van der Waals surface area contributed by atoms with Crippen LogP contribution in [-0.2, 0) is 10.0 Å². The van der Waals surface area contributed by atoms with Gasteiger partial charge in [0.1, 0.15) is 0 Å². The van der Waals surface area contributed by atoms with Gasteiger partial charge in [0.05, 0.1) is 4.90 Å². The summed E-state index contributed by atoms with van der Waals surface area (Å²) in [7, 11) is -3.73. The number of hydrogen-bond donors (Lipinski definition) is 1. The summed E-state index contributed by atoms with van der Waals surface area (Å²) in [5.41, 5.74) is 3.95. The van der Waals surface area contributed by atoms with Gasteiger partial charge in [0.2, 0.25) is 0 Å². The highest BCUT2D eigenvalue weighted by Crippen LogP contribution is 2.35. The first-order chi connectivity index (χ1) is 13.0. The molecule has 0 spiro atoms. The molecule has 0 bridgehead atoms. The Morgan fingerprint density at radius 2 is 1.57 bits per heavy atom. The van der Waals surface area contributed by atoms with E-state index in [0.717, 1.165) is 36.1 Å². The Kier molecular flexibility index (Phi) is 7.35. The van der Waals surface area contributed by atoms with Crippen LogP contribution >= 0.6 is 0 Å². The fraction of sp³-hybridized carbons (Fsp3) is 0.696. The standard InChI is InChI=1S/C23H38N2O2S/c1-9-19-17(8)10-11-22(19)24-25-28(26,27)23-20(15(4)5)12-18(14(2)3)13-21(23)16(6)7/h12-17,19,25H,9-11H2,1-8H3/b24-22-/t17-,19+/m0/s1. The van der Waals surface area contributed by atoms with Gasteiger partial charge < -0.3 is 0 Å². The van der Waals surface area contributed by atoms with E-state index in [-0.39, 0.29) is 11.8 Å². The zero-order valence-corrected chi connectivity index (χ0v) is 19.7. The molecule has 1 fully saturated rings. The minimum atomic E-state index is -3.73. The Bertz CT molecular complexity index is 794. The number of sulfonamides is 1. The van der Waals surface area contributed by atoms with Crippen molar-refractivity contribution in [1.29, 1.82) is 0 Å². The molecule has 1 aliphatic carbocycles. The zero-order chi connectivity index (χ0) is 21.2. The number of nitrogens with zero attached hydrogens (tertiary/aromatic N) is 1. The molecule has 0 unspecified atom stereocenters. The summed E-state index contributed by atoms with van der Waals surface area (Å²) in [5.74, 6) is 1.53. The van der Waals surface area contributed by atoms with Crippen LogP contribution in [0.1, 0.15) is 109 Å². The predicted molar refractivity (Wildman–Crippen MR) is 119 cm³/mol. The first kappa shape index (κ1) is 22.9. The van der Waals surface area contributed by atoms with Gasteiger partial charge in [-0.25, -0.2) is 4.83 Å². The van der Waals surface area contributed by atoms with E-state index in [1.165, 1.54) is 5.56 Å². The number of hydrazone groups is 1.